The molecule has 5 nitrogen and oxygen atoms in total. The van der Waals surface area contributed by atoms with Gasteiger partial charge in [-0.3, -0.25) is 9.69 Å². The Morgan fingerprint density at radius 1 is 1.21 bits per heavy atom. The molecule has 0 radical (unpaired) electrons. The number of nitrogens with zero attached hydrogens (tertiary/aromatic N) is 2. The number of Topliss-reactive ketones (excluding diaryl/α,β-unsaturated/α-hetero) is 1. The normalized spacial score (nSPS) is 19.1. The Labute approximate surface area is 163 Å². The van der Waals surface area contributed by atoms with Crippen molar-refractivity contribution in [2.24, 2.45) is 0 Å². The van der Waals surface area contributed by atoms with Crippen LogP contribution in [-0.4, -0.2) is 53.9 Å². The van der Waals surface area contributed by atoms with Gasteiger partial charge >= 0.3 is 0 Å². The number of halogens is 1. The second-order valence-corrected chi connectivity index (χ2v) is 7.44. The van der Waals surface area contributed by atoms with Gasteiger partial charge in [0.25, 0.3) is 0 Å². The number of hydrogen-bond acceptors (Lipinski definition) is 5. The van der Waals surface area contributed by atoms with E-state index in [0.29, 0.717) is 34.5 Å². The zero-order valence-corrected chi connectivity index (χ0v) is 16.0. The summed E-state index contributed by atoms with van der Waals surface area (Å²) in [5.74, 6) is -0.109. The molecule has 6 heteroatoms. The molecule has 0 unspecified atom stereocenters. The summed E-state index contributed by atoms with van der Waals surface area (Å²) in [5, 5.41) is 10.5. The van der Waals surface area contributed by atoms with Crippen molar-refractivity contribution in [1.29, 1.82) is 0 Å². The molecule has 0 aromatic heterocycles. The number of piperazine rings is 1. The van der Waals surface area contributed by atoms with Gasteiger partial charge in [-0.2, -0.15) is 0 Å². The van der Waals surface area contributed by atoms with Crippen LogP contribution in [0.1, 0.15) is 27.0 Å². The SMILES string of the molecule is Cc1cc(O)c(CN2CCN(C)CC2)c2c1C(=O)/C(=C/c1ccccc1F)O2. The molecule has 1 N–H and O–H groups in total. The van der Waals surface area contributed by atoms with E-state index in [1.165, 1.54) is 12.1 Å². The Bertz CT molecular complexity index is 962. The zero-order valence-electron chi connectivity index (χ0n) is 16.0. The third-order valence-corrected chi connectivity index (χ3v) is 5.39. The number of likely N-dealkylation sites (N-methyl/N-ethyl adjacent to an activating group) is 1. The number of fused-ring (bicyclic) bond motifs is 1. The number of carbonyl (C=O) groups excluding carboxylic acids is 1. The Kier molecular flexibility index (Phi) is 4.91. The van der Waals surface area contributed by atoms with Crippen LogP contribution in [0.5, 0.6) is 11.5 Å². The summed E-state index contributed by atoms with van der Waals surface area (Å²) in [7, 11) is 2.08. The van der Waals surface area contributed by atoms with E-state index in [4.69, 9.17) is 4.74 Å². The first-order chi connectivity index (χ1) is 13.4. The maximum absolute atomic E-state index is 14.0. The highest BCUT2D eigenvalue weighted by atomic mass is 19.1. The van der Waals surface area contributed by atoms with Crippen molar-refractivity contribution in [3.05, 3.63) is 64.2 Å². The quantitative estimate of drug-likeness (QED) is 0.827. The number of allylic oxidation sites excluding steroid dienone is 1. The number of aromatic hydroxyl groups is 1. The van der Waals surface area contributed by atoms with Crippen LogP contribution >= 0.6 is 0 Å². The minimum absolute atomic E-state index is 0.0772. The fraction of sp³-hybridized carbons (Fsp3) is 0.318. The smallest absolute Gasteiger partial charge is 0.232 e. The summed E-state index contributed by atoms with van der Waals surface area (Å²) in [4.78, 5) is 17.4. The van der Waals surface area contributed by atoms with Gasteiger partial charge in [-0.1, -0.05) is 18.2 Å². The van der Waals surface area contributed by atoms with Crippen molar-refractivity contribution >= 4 is 11.9 Å². The topological polar surface area (TPSA) is 53.0 Å². The van der Waals surface area contributed by atoms with E-state index in [0.717, 1.165) is 26.2 Å². The second-order valence-electron chi connectivity index (χ2n) is 7.44. The second kappa shape index (κ2) is 7.37. The van der Waals surface area contributed by atoms with E-state index < -0.39 is 5.82 Å². The van der Waals surface area contributed by atoms with E-state index in [2.05, 4.69) is 16.8 Å². The minimum atomic E-state index is -0.417. The monoisotopic (exact) mass is 382 g/mol. The molecule has 0 atom stereocenters. The van der Waals surface area contributed by atoms with Gasteiger partial charge in [0.15, 0.2) is 5.76 Å². The molecule has 4 rings (SSSR count). The lowest BCUT2D eigenvalue weighted by atomic mass is 9.99. The van der Waals surface area contributed by atoms with E-state index >= 15 is 0 Å². The van der Waals surface area contributed by atoms with Crippen LogP contribution in [0.25, 0.3) is 6.08 Å². The van der Waals surface area contributed by atoms with Gasteiger partial charge in [-0.05, 0) is 37.7 Å². The first-order valence-corrected chi connectivity index (χ1v) is 9.39. The zero-order chi connectivity index (χ0) is 19.8. The summed E-state index contributed by atoms with van der Waals surface area (Å²) in [6.07, 6.45) is 1.42. The van der Waals surface area contributed by atoms with Crippen LogP contribution in [0.2, 0.25) is 0 Å². The molecule has 2 aliphatic heterocycles. The van der Waals surface area contributed by atoms with Gasteiger partial charge in [0, 0.05) is 38.3 Å². The molecule has 2 aromatic carbocycles. The van der Waals surface area contributed by atoms with Crippen molar-refractivity contribution in [3.63, 3.8) is 0 Å². The lowest BCUT2D eigenvalue weighted by Crippen LogP contribution is -2.43. The third-order valence-electron chi connectivity index (χ3n) is 5.39. The first-order valence-electron chi connectivity index (χ1n) is 9.39. The molecule has 0 amide bonds. The highest BCUT2D eigenvalue weighted by Crippen LogP contribution is 2.42. The Morgan fingerprint density at radius 3 is 2.64 bits per heavy atom. The molecule has 0 spiro atoms. The molecule has 146 valence electrons. The predicted molar refractivity (Wildman–Crippen MR) is 105 cm³/mol. The van der Waals surface area contributed by atoms with Crippen LogP contribution < -0.4 is 4.74 Å². The van der Waals surface area contributed by atoms with Crippen molar-refractivity contribution in [2.75, 3.05) is 33.2 Å². The summed E-state index contributed by atoms with van der Waals surface area (Å²) >= 11 is 0. The number of phenolic OH excluding ortho intramolecular Hbond substituents is 1. The maximum atomic E-state index is 14.0. The molecule has 1 saturated heterocycles. The van der Waals surface area contributed by atoms with Gasteiger partial charge in [-0.15, -0.1) is 0 Å². The molecule has 0 bridgehead atoms. The lowest BCUT2D eigenvalue weighted by molar-refractivity contribution is 0.101. The van der Waals surface area contributed by atoms with Crippen molar-refractivity contribution in [1.82, 2.24) is 9.80 Å². The molecule has 0 aliphatic carbocycles. The molecule has 0 saturated carbocycles. The predicted octanol–water partition coefficient (Wildman–Crippen LogP) is 3.20. The van der Waals surface area contributed by atoms with Crippen LogP contribution in [0.3, 0.4) is 0 Å². The highest BCUT2D eigenvalue weighted by Gasteiger charge is 2.34. The Hall–Kier alpha value is -2.70. The maximum Gasteiger partial charge on any atom is 0.232 e. The van der Waals surface area contributed by atoms with E-state index in [-0.39, 0.29) is 17.3 Å². The summed E-state index contributed by atoms with van der Waals surface area (Å²) in [5.41, 5.74) is 2.00. The number of aryl methyl sites for hydroxylation is 1. The minimum Gasteiger partial charge on any atom is -0.507 e. The van der Waals surface area contributed by atoms with Gasteiger partial charge in [-0.25, -0.2) is 4.39 Å². The average molecular weight is 382 g/mol. The van der Waals surface area contributed by atoms with Gasteiger partial charge in [0.1, 0.15) is 17.3 Å². The lowest BCUT2D eigenvalue weighted by Gasteiger charge is -2.32. The average Bonchev–Trinajstić information content (AvgIpc) is 2.99. The van der Waals surface area contributed by atoms with Crippen molar-refractivity contribution in [2.45, 2.75) is 13.5 Å². The Balaban J connectivity index is 1.69. The number of ketones is 1. The number of rotatable bonds is 3. The van der Waals surface area contributed by atoms with Crippen LogP contribution in [0.4, 0.5) is 4.39 Å². The first kappa shape index (κ1) is 18.7. The van der Waals surface area contributed by atoms with Crippen molar-refractivity contribution < 1.29 is 19.0 Å². The molecular formula is C22H23FN2O3. The van der Waals surface area contributed by atoms with Gasteiger partial charge in [0.05, 0.1) is 11.1 Å². The number of ether oxygens (including phenoxy) is 1. The largest absolute Gasteiger partial charge is 0.507 e. The molecular weight excluding hydrogens is 359 g/mol. The van der Waals surface area contributed by atoms with Crippen molar-refractivity contribution in [3.8, 4) is 11.5 Å². The van der Waals surface area contributed by atoms with Gasteiger partial charge in [0.2, 0.25) is 5.78 Å². The number of carbonyl (C=O) groups is 1. The number of hydrogen-bond donors (Lipinski definition) is 1. The molecule has 2 aliphatic rings. The van der Waals surface area contributed by atoms with E-state index in [9.17, 15) is 14.3 Å². The fourth-order valence-electron chi connectivity index (χ4n) is 3.70. The van der Waals surface area contributed by atoms with E-state index in [1.54, 1.807) is 31.2 Å². The molecule has 28 heavy (non-hydrogen) atoms. The highest BCUT2D eigenvalue weighted by molar-refractivity contribution is 6.15. The summed E-state index contributed by atoms with van der Waals surface area (Å²) < 4.78 is 19.9. The van der Waals surface area contributed by atoms with Crippen LogP contribution in [0.15, 0.2) is 36.1 Å². The van der Waals surface area contributed by atoms with Crippen LogP contribution in [-0.2, 0) is 6.54 Å². The standard InChI is InChI=1S/C22H23FN2O3/c1-14-11-18(26)16(13-25-9-7-24(2)8-10-25)22-20(14)21(27)19(28-22)12-15-5-3-4-6-17(15)23/h3-6,11-12,26H,7-10,13H2,1-2H3/b19-12-. The van der Waals surface area contributed by atoms with E-state index in [1.807, 2.05) is 0 Å². The summed E-state index contributed by atoms with van der Waals surface area (Å²) in [6, 6.07) is 7.85. The van der Waals surface area contributed by atoms with Crippen LogP contribution in [0, 0.1) is 12.7 Å². The molecule has 2 aromatic rings. The third kappa shape index (κ3) is 3.41. The Morgan fingerprint density at radius 2 is 1.93 bits per heavy atom. The number of benzene rings is 2. The van der Waals surface area contributed by atoms with Gasteiger partial charge < -0.3 is 14.7 Å². The number of phenols is 1. The fourth-order valence-corrected chi connectivity index (χ4v) is 3.70. The molecule has 2 heterocycles. The molecule has 1 fully saturated rings. The summed E-state index contributed by atoms with van der Waals surface area (Å²) in [6.45, 7) is 5.93.